The van der Waals surface area contributed by atoms with Crippen LogP contribution in [0.25, 0.3) is 0 Å². The van der Waals surface area contributed by atoms with Crippen molar-refractivity contribution in [3.63, 3.8) is 0 Å². The molecule has 0 aliphatic carbocycles. The van der Waals surface area contributed by atoms with Crippen LogP contribution in [0.3, 0.4) is 0 Å². The van der Waals surface area contributed by atoms with Crippen LogP contribution in [0.5, 0.6) is 5.75 Å². The van der Waals surface area contributed by atoms with E-state index in [0.717, 1.165) is 0 Å². The standard InChI is InChI=1S/C17H13ClN2O4/c18-12-2-1-3-13(7-12)19-16(22)8-20-14-6-11(9-21)4-5-15(14)24-10-17(20)23/h1-7,9H,8,10H2,(H,19,22). The van der Waals surface area contributed by atoms with Crippen LogP contribution in [0.1, 0.15) is 10.4 Å². The number of aldehydes is 1. The maximum absolute atomic E-state index is 12.2. The number of carbonyl (C=O) groups excluding carboxylic acids is 3. The van der Waals surface area contributed by atoms with Gasteiger partial charge in [0.15, 0.2) is 6.61 Å². The summed E-state index contributed by atoms with van der Waals surface area (Å²) in [4.78, 5) is 36.6. The van der Waals surface area contributed by atoms with Crippen molar-refractivity contribution in [1.29, 1.82) is 0 Å². The third-order valence-corrected chi connectivity index (χ3v) is 3.71. The number of nitrogens with one attached hydrogen (secondary N) is 1. The quantitative estimate of drug-likeness (QED) is 0.865. The van der Waals surface area contributed by atoms with Crippen molar-refractivity contribution >= 4 is 41.1 Å². The molecule has 0 aromatic heterocycles. The Hall–Kier alpha value is -2.86. The molecule has 2 aromatic rings. The zero-order valence-corrected chi connectivity index (χ0v) is 13.2. The fourth-order valence-electron chi connectivity index (χ4n) is 2.38. The molecule has 1 aliphatic heterocycles. The first kappa shape index (κ1) is 16.0. The van der Waals surface area contributed by atoms with E-state index in [1.165, 1.54) is 11.0 Å². The summed E-state index contributed by atoms with van der Waals surface area (Å²) in [6, 6.07) is 11.4. The first-order valence-corrected chi connectivity index (χ1v) is 7.52. The number of hydrogen-bond donors (Lipinski definition) is 1. The highest BCUT2D eigenvalue weighted by Crippen LogP contribution is 2.32. The van der Waals surface area contributed by atoms with Gasteiger partial charge < -0.3 is 10.1 Å². The SMILES string of the molecule is O=Cc1ccc2c(c1)N(CC(=O)Nc1cccc(Cl)c1)C(=O)CO2. The smallest absolute Gasteiger partial charge is 0.265 e. The van der Waals surface area contributed by atoms with Crippen molar-refractivity contribution in [2.45, 2.75) is 0 Å². The largest absolute Gasteiger partial charge is 0.482 e. The van der Waals surface area contributed by atoms with Gasteiger partial charge in [-0.1, -0.05) is 17.7 Å². The highest BCUT2D eigenvalue weighted by atomic mass is 35.5. The number of benzene rings is 2. The molecule has 0 fully saturated rings. The lowest BCUT2D eigenvalue weighted by Gasteiger charge is -2.29. The molecule has 0 spiro atoms. The number of rotatable bonds is 4. The number of anilines is 2. The van der Waals surface area contributed by atoms with Crippen molar-refractivity contribution in [2.24, 2.45) is 0 Å². The summed E-state index contributed by atoms with van der Waals surface area (Å²) in [7, 11) is 0. The molecule has 2 amide bonds. The summed E-state index contributed by atoms with van der Waals surface area (Å²) in [5.41, 5.74) is 1.33. The highest BCUT2D eigenvalue weighted by Gasteiger charge is 2.27. The summed E-state index contributed by atoms with van der Waals surface area (Å²) in [6.07, 6.45) is 0.670. The first-order chi connectivity index (χ1) is 11.6. The lowest BCUT2D eigenvalue weighted by atomic mass is 10.1. The van der Waals surface area contributed by atoms with E-state index in [1.807, 2.05) is 0 Å². The Kier molecular flexibility index (Phi) is 4.48. The molecule has 7 heteroatoms. The monoisotopic (exact) mass is 344 g/mol. The van der Waals surface area contributed by atoms with Crippen LogP contribution in [0.4, 0.5) is 11.4 Å². The van der Waals surface area contributed by atoms with Crippen LogP contribution in [0.2, 0.25) is 5.02 Å². The maximum atomic E-state index is 12.2. The van der Waals surface area contributed by atoms with Gasteiger partial charge >= 0.3 is 0 Å². The average Bonchev–Trinajstić information content (AvgIpc) is 2.57. The third kappa shape index (κ3) is 3.38. The number of carbonyl (C=O) groups is 3. The molecule has 0 atom stereocenters. The molecule has 3 rings (SSSR count). The minimum Gasteiger partial charge on any atom is -0.482 e. The van der Waals surface area contributed by atoms with Crippen molar-refractivity contribution in [3.8, 4) is 5.75 Å². The number of nitrogens with zero attached hydrogens (tertiary/aromatic N) is 1. The van der Waals surface area contributed by atoms with E-state index in [4.69, 9.17) is 16.3 Å². The third-order valence-electron chi connectivity index (χ3n) is 3.47. The van der Waals surface area contributed by atoms with Crippen molar-refractivity contribution in [2.75, 3.05) is 23.4 Å². The van der Waals surface area contributed by atoms with Gasteiger partial charge in [0.2, 0.25) is 5.91 Å². The van der Waals surface area contributed by atoms with Gasteiger partial charge in [-0.15, -0.1) is 0 Å². The molecular weight excluding hydrogens is 332 g/mol. The fourth-order valence-corrected chi connectivity index (χ4v) is 2.57. The van der Waals surface area contributed by atoms with Gasteiger partial charge in [-0.05, 0) is 36.4 Å². The molecular formula is C17H13ClN2O4. The van der Waals surface area contributed by atoms with E-state index in [-0.39, 0.29) is 25.0 Å². The lowest BCUT2D eigenvalue weighted by Crippen LogP contribution is -2.43. The Balaban J connectivity index is 1.80. The van der Waals surface area contributed by atoms with Gasteiger partial charge in [-0.2, -0.15) is 0 Å². The topological polar surface area (TPSA) is 75.7 Å². The van der Waals surface area contributed by atoms with Crippen molar-refractivity contribution in [3.05, 3.63) is 53.1 Å². The van der Waals surface area contributed by atoms with Gasteiger partial charge in [-0.3, -0.25) is 19.3 Å². The number of fused-ring (bicyclic) bond motifs is 1. The first-order valence-electron chi connectivity index (χ1n) is 7.14. The Labute approximate surface area is 143 Å². The second-order valence-corrected chi connectivity index (χ2v) is 5.61. The molecule has 1 aliphatic rings. The zero-order chi connectivity index (χ0) is 17.1. The van der Waals surface area contributed by atoms with E-state index in [9.17, 15) is 14.4 Å². The number of amides is 2. The van der Waals surface area contributed by atoms with Crippen molar-refractivity contribution < 1.29 is 19.1 Å². The van der Waals surface area contributed by atoms with E-state index in [1.54, 1.807) is 36.4 Å². The van der Waals surface area contributed by atoms with E-state index in [0.29, 0.717) is 34.0 Å². The molecule has 24 heavy (non-hydrogen) atoms. The highest BCUT2D eigenvalue weighted by molar-refractivity contribution is 6.30. The van der Waals surface area contributed by atoms with Crippen molar-refractivity contribution in [1.82, 2.24) is 0 Å². The summed E-state index contributed by atoms with van der Waals surface area (Å²) in [5, 5.41) is 3.18. The predicted octanol–water partition coefficient (Wildman–Crippen LogP) is 2.52. The summed E-state index contributed by atoms with van der Waals surface area (Å²) in [6.45, 7) is -0.345. The van der Waals surface area contributed by atoms with Gasteiger partial charge in [0.1, 0.15) is 18.6 Å². The summed E-state index contributed by atoms with van der Waals surface area (Å²) in [5.74, 6) is -0.280. The minimum atomic E-state index is -0.380. The molecule has 0 saturated heterocycles. The molecule has 1 heterocycles. The van der Waals surface area contributed by atoms with Crippen LogP contribution >= 0.6 is 11.6 Å². The van der Waals surface area contributed by atoms with Gasteiger partial charge in [-0.25, -0.2) is 0 Å². The van der Waals surface area contributed by atoms with Crippen LogP contribution in [0, 0.1) is 0 Å². The molecule has 0 saturated carbocycles. The normalized spacial score (nSPS) is 13.0. The van der Waals surface area contributed by atoms with E-state index < -0.39 is 0 Å². The molecule has 0 radical (unpaired) electrons. The minimum absolute atomic E-state index is 0.155. The average molecular weight is 345 g/mol. The van der Waals surface area contributed by atoms with Crippen LogP contribution < -0.4 is 15.0 Å². The molecule has 6 nitrogen and oxygen atoms in total. The Morgan fingerprint density at radius 1 is 1.29 bits per heavy atom. The molecule has 122 valence electrons. The second-order valence-electron chi connectivity index (χ2n) is 5.17. The summed E-state index contributed by atoms with van der Waals surface area (Å²) < 4.78 is 5.32. The Morgan fingerprint density at radius 3 is 2.88 bits per heavy atom. The van der Waals surface area contributed by atoms with Gasteiger partial charge in [0.05, 0.1) is 5.69 Å². The van der Waals surface area contributed by atoms with Crippen LogP contribution in [-0.4, -0.2) is 31.3 Å². The molecule has 0 unspecified atom stereocenters. The Morgan fingerprint density at radius 2 is 2.12 bits per heavy atom. The molecule has 2 aromatic carbocycles. The number of hydrogen-bond acceptors (Lipinski definition) is 4. The lowest BCUT2D eigenvalue weighted by molar-refractivity contribution is -0.123. The van der Waals surface area contributed by atoms with E-state index >= 15 is 0 Å². The Bertz CT molecular complexity index is 822. The number of ether oxygens (including phenoxy) is 1. The number of halogens is 1. The van der Waals surface area contributed by atoms with Crippen LogP contribution in [0.15, 0.2) is 42.5 Å². The predicted molar refractivity (Wildman–Crippen MR) is 89.8 cm³/mol. The van der Waals surface area contributed by atoms with Gasteiger partial charge in [0, 0.05) is 16.3 Å². The van der Waals surface area contributed by atoms with Gasteiger partial charge in [0.25, 0.3) is 5.91 Å². The fraction of sp³-hybridized carbons (Fsp3) is 0.118. The molecule has 0 bridgehead atoms. The second kappa shape index (κ2) is 6.72. The van der Waals surface area contributed by atoms with Crippen LogP contribution in [-0.2, 0) is 9.59 Å². The zero-order valence-electron chi connectivity index (χ0n) is 12.5. The van der Waals surface area contributed by atoms with E-state index in [2.05, 4.69) is 5.32 Å². The summed E-state index contributed by atoms with van der Waals surface area (Å²) >= 11 is 5.88. The maximum Gasteiger partial charge on any atom is 0.265 e. The molecule has 1 N–H and O–H groups in total.